The summed E-state index contributed by atoms with van der Waals surface area (Å²) < 4.78 is 43.8. The molecule has 1 aliphatic rings. The summed E-state index contributed by atoms with van der Waals surface area (Å²) in [5, 5.41) is 9.00. The van der Waals surface area contributed by atoms with Crippen LogP contribution in [0.4, 0.5) is 0 Å². The molecule has 170 valence electrons. The predicted octanol–water partition coefficient (Wildman–Crippen LogP) is 1.88. The van der Waals surface area contributed by atoms with Crippen LogP contribution in [0.15, 0.2) is 47.4 Å². The largest absolute Gasteiger partial charge is 0.497 e. The highest BCUT2D eigenvalue weighted by Gasteiger charge is 2.34. The molecule has 1 atom stereocenters. The second-order valence-electron chi connectivity index (χ2n) is 7.15. The van der Waals surface area contributed by atoms with Gasteiger partial charge in [0.15, 0.2) is 6.10 Å². The molecular weight excluding hydrogens is 434 g/mol. The van der Waals surface area contributed by atoms with Gasteiger partial charge in [-0.25, -0.2) is 8.42 Å². The van der Waals surface area contributed by atoms with Gasteiger partial charge in [-0.3, -0.25) is 4.79 Å². The Labute approximate surface area is 187 Å². The second-order valence-corrected chi connectivity index (χ2v) is 9.05. The maximum Gasteiger partial charge on any atom is 0.263 e. The van der Waals surface area contributed by atoms with Crippen molar-refractivity contribution in [3.8, 4) is 23.3 Å². The van der Waals surface area contributed by atoms with Gasteiger partial charge in [-0.05, 0) is 37.3 Å². The van der Waals surface area contributed by atoms with Crippen LogP contribution in [-0.2, 0) is 14.8 Å². The van der Waals surface area contributed by atoms with Crippen LogP contribution >= 0.6 is 0 Å². The lowest BCUT2D eigenvalue weighted by Gasteiger charge is -2.35. The van der Waals surface area contributed by atoms with Crippen molar-refractivity contribution in [3.63, 3.8) is 0 Å². The normalized spacial score (nSPS) is 15.5. The topological polar surface area (TPSA) is 109 Å². The third-order valence-corrected chi connectivity index (χ3v) is 7.08. The van der Waals surface area contributed by atoms with Crippen LogP contribution in [0.25, 0.3) is 0 Å². The molecule has 1 unspecified atom stereocenters. The van der Waals surface area contributed by atoms with Gasteiger partial charge in [-0.15, -0.1) is 0 Å². The number of hydrogen-bond acceptors (Lipinski definition) is 7. The zero-order chi connectivity index (χ0) is 23.3. The molecule has 0 radical (unpaired) electrons. The SMILES string of the molecule is COc1ccc(OC)c(S(=O)(=O)N2CCN(C(=O)C(C)Oc3cccc(C#N)c3)CC2)c1. The van der Waals surface area contributed by atoms with E-state index >= 15 is 0 Å². The summed E-state index contributed by atoms with van der Waals surface area (Å²) >= 11 is 0. The Morgan fingerprint density at radius 2 is 1.75 bits per heavy atom. The highest BCUT2D eigenvalue weighted by atomic mass is 32.2. The summed E-state index contributed by atoms with van der Waals surface area (Å²) in [5.74, 6) is 0.815. The Bertz CT molecular complexity index is 1120. The lowest BCUT2D eigenvalue weighted by atomic mass is 10.2. The van der Waals surface area contributed by atoms with Gasteiger partial charge >= 0.3 is 0 Å². The number of carbonyl (C=O) groups is 1. The molecule has 2 aromatic carbocycles. The minimum absolute atomic E-state index is 0.0215. The van der Waals surface area contributed by atoms with Crippen LogP contribution < -0.4 is 14.2 Å². The Balaban J connectivity index is 1.66. The zero-order valence-corrected chi connectivity index (χ0v) is 19.0. The van der Waals surface area contributed by atoms with E-state index in [0.717, 1.165) is 0 Å². The van der Waals surface area contributed by atoms with E-state index in [9.17, 15) is 13.2 Å². The summed E-state index contributed by atoms with van der Waals surface area (Å²) in [6, 6.07) is 13.2. The van der Waals surface area contributed by atoms with E-state index in [4.69, 9.17) is 19.5 Å². The molecule has 2 aromatic rings. The molecule has 3 rings (SSSR count). The Hall–Kier alpha value is -3.29. The van der Waals surface area contributed by atoms with Crippen LogP contribution in [0.2, 0.25) is 0 Å². The summed E-state index contributed by atoms with van der Waals surface area (Å²) in [6.07, 6.45) is -0.773. The van der Waals surface area contributed by atoms with Gasteiger partial charge in [0.2, 0.25) is 10.0 Å². The Morgan fingerprint density at radius 3 is 2.38 bits per heavy atom. The molecule has 0 aromatic heterocycles. The number of benzene rings is 2. The molecule has 0 bridgehead atoms. The molecule has 0 aliphatic carbocycles. The monoisotopic (exact) mass is 459 g/mol. The van der Waals surface area contributed by atoms with Gasteiger partial charge < -0.3 is 19.1 Å². The number of nitriles is 1. The number of amides is 1. The zero-order valence-electron chi connectivity index (χ0n) is 18.1. The molecule has 10 heteroatoms. The number of ether oxygens (including phenoxy) is 3. The number of rotatable bonds is 7. The van der Waals surface area contributed by atoms with E-state index in [1.165, 1.54) is 24.6 Å². The second kappa shape index (κ2) is 9.89. The van der Waals surface area contributed by atoms with Crippen molar-refractivity contribution in [1.82, 2.24) is 9.21 Å². The number of sulfonamides is 1. The maximum absolute atomic E-state index is 13.2. The van der Waals surface area contributed by atoms with Crippen LogP contribution in [0.1, 0.15) is 12.5 Å². The fraction of sp³-hybridized carbons (Fsp3) is 0.364. The van der Waals surface area contributed by atoms with Crippen LogP contribution in [0, 0.1) is 11.3 Å². The lowest BCUT2D eigenvalue weighted by molar-refractivity contribution is -0.139. The van der Waals surface area contributed by atoms with Gasteiger partial charge in [-0.1, -0.05) is 6.07 Å². The van der Waals surface area contributed by atoms with Gasteiger partial charge in [0.1, 0.15) is 22.1 Å². The summed E-state index contributed by atoms with van der Waals surface area (Å²) in [5.41, 5.74) is 0.439. The van der Waals surface area contributed by atoms with E-state index in [-0.39, 0.29) is 42.7 Å². The minimum Gasteiger partial charge on any atom is -0.497 e. The van der Waals surface area contributed by atoms with E-state index in [2.05, 4.69) is 0 Å². The quantitative estimate of drug-likeness (QED) is 0.622. The highest BCUT2D eigenvalue weighted by Crippen LogP contribution is 2.31. The van der Waals surface area contributed by atoms with Crippen molar-refractivity contribution < 1.29 is 27.4 Å². The average molecular weight is 460 g/mol. The third kappa shape index (κ3) is 4.95. The van der Waals surface area contributed by atoms with Gasteiger partial charge in [-0.2, -0.15) is 9.57 Å². The standard InChI is InChI=1S/C22H25N3O6S/c1-16(31-19-6-4-5-17(13-19)15-23)22(26)24-9-11-25(12-10-24)32(27,28)21-14-18(29-2)7-8-20(21)30-3/h4-8,13-14,16H,9-12H2,1-3H3. The van der Waals surface area contributed by atoms with E-state index in [1.807, 2.05) is 6.07 Å². The first-order chi connectivity index (χ1) is 15.3. The number of nitrogens with zero attached hydrogens (tertiary/aromatic N) is 3. The molecule has 1 amide bonds. The van der Waals surface area contributed by atoms with Gasteiger partial charge in [0.05, 0.1) is 25.9 Å². The fourth-order valence-corrected chi connectivity index (χ4v) is 5.02. The Kier molecular flexibility index (Phi) is 7.22. The van der Waals surface area contributed by atoms with Gasteiger partial charge in [0.25, 0.3) is 5.91 Å². The van der Waals surface area contributed by atoms with Crippen molar-refractivity contribution >= 4 is 15.9 Å². The molecule has 0 N–H and O–H groups in total. The summed E-state index contributed by atoms with van der Waals surface area (Å²) in [6.45, 7) is 2.38. The maximum atomic E-state index is 13.2. The Morgan fingerprint density at radius 1 is 1.03 bits per heavy atom. The van der Waals surface area contributed by atoms with Crippen molar-refractivity contribution in [2.75, 3.05) is 40.4 Å². The van der Waals surface area contributed by atoms with Crippen LogP contribution in [0.5, 0.6) is 17.2 Å². The molecule has 9 nitrogen and oxygen atoms in total. The highest BCUT2D eigenvalue weighted by molar-refractivity contribution is 7.89. The number of methoxy groups -OCH3 is 2. The average Bonchev–Trinajstić information content (AvgIpc) is 2.83. The first kappa shape index (κ1) is 23.4. The van der Waals surface area contributed by atoms with Crippen LogP contribution in [0.3, 0.4) is 0 Å². The fourth-order valence-electron chi connectivity index (χ4n) is 3.42. The third-order valence-electron chi connectivity index (χ3n) is 5.16. The lowest BCUT2D eigenvalue weighted by Crippen LogP contribution is -2.53. The number of hydrogen-bond donors (Lipinski definition) is 0. The molecule has 1 saturated heterocycles. The van der Waals surface area contributed by atoms with Crippen molar-refractivity contribution in [3.05, 3.63) is 48.0 Å². The first-order valence-corrected chi connectivity index (χ1v) is 11.4. The summed E-state index contributed by atoms with van der Waals surface area (Å²) in [4.78, 5) is 14.4. The van der Waals surface area contributed by atoms with Crippen molar-refractivity contribution in [1.29, 1.82) is 5.26 Å². The molecule has 32 heavy (non-hydrogen) atoms. The molecule has 0 spiro atoms. The number of carbonyl (C=O) groups excluding carboxylic acids is 1. The van der Waals surface area contributed by atoms with Crippen molar-refractivity contribution in [2.24, 2.45) is 0 Å². The molecule has 0 saturated carbocycles. The van der Waals surface area contributed by atoms with E-state index in [0.29, 0.717) is 17.1 Å². The number of piperazine rings is 1. The van der Waals surface area contributed by atoms with Gasteiger partial charge in [0, 0.05) is 32.2 Å². The molecule has 1 aliphatic heterocycles. The van der Waals surface area contributed by atoms with E-state index in [1.54, 1.807) is 48.2 Å². The predicted molar refractivity (Wildman–Crippen MR) is 116 cm³/mol. The molecular formula is C22H25N3O6S. The first-order valence-electron chi connectivity index (χ1n) is 9.98. The van der Waals surface area contributed by atoms with E-state index < -0.39 is 16.1 Å². The molecule has 1 heterocycles. The van der Waals surface area contributed by atoms with Crippen molar-refractivity contribution in [2.45, 2.75) is 17.9 Å². The van der Waals surface area contributed by atoms with Crippen LogP contribution in [-0.4, -0.2) is 70.0 Å². The molecule has 1 fully saturated rings. The minimum atomic E-state index is -3.83. The summed E-state index contributed by atoms with van der Waals surface area (Å²) in [7, 11) is -0.966. The smallest absolute Gasteiger partial charge is 0.263 e.